The van der Waals surface area contributed by atoms with E-state index in [2.05, 4.69) is 27.9 Å². The van der Waals surface area contributed by atoms with Crippen molar-refractivity contribution < 1.29 is 22.4 Å². The summed E-state index contributed by atoms with van der Waals surface area (Å²) in [5.74, 6) is -1.33. The Morgan fingerprint density at radius 2 is 1.61 bits per heavy atom. The zero-order valence-electron chi connectivity index (χ0n) is 21.3. The minimum Gasteiger partial charge on any atom is -0.354 e. The minimum atomic E-state index is -4.10. The lowest BCUT2D eigenvalue weighted by Crippen LogP contribution is -2.51. The molecule has 202 valence electrons. The van der Waals surface area contributed by atoms with Crippen LogP contribution in [0.15, 0.2) is 83.8 Å². The second kappa shape index (κ2) is 13.7. The van der Waals surface area contributed by atoms with Gasteiger partial charge in [0.15, 0.2) is 0 Å². The zero-order chi connectivity index (χ0) is 27.7. The quantitative estimate of drug-likeness (QED) is 0.222. The smallest absolute Gasteiger partial charge is 0.264 e. The van der Waals surface area contributed by atoms with Crippen molar-refractivity contribution in [1.82, 2.24) is 10.2 Å². The van der Waals surface area contributed by atoms with Gasteiger partial charge in [-0.1, -0.05) is 43.7 Å². The van der Waals surface area contributed by atoms with Crippen LogP contribution in [0.2, 0.25) is 0 Å². The number of sulfonamides is 1. The van der Waals surface area contributed by atoms with Gasteiger partial charge >= 0.3 is 0 Å². The molecule has 0 radical (unpaired) electrons. The second-order valence-electron chi connectivity index (χ2n) is 8.77. The van der Waals surface area contributed by atoms with Crippen LogP contribution in [-0.4, -0.2) is 44.3 Å². The number of benzene rings is 3. The Hall–Kier alpha value is -2.99. The molecule has 0 aliphatic carbocycles. The summed E-state index contributed by atoms with van der Waals surface area (Å²) in [4.78, 5) is 28.1. The first-order valence-electron chi connectivity index (χ1n) is 12.3. The van der Waals surface area contributed by atoms with Crippen LogP contribution in [0.1, 0.15) is 32.3 Å². The van der Waals surface area contributed by atoms with Crippen molar-refractivity contribution >= 4 is 50.1 Å². The van der Waals surface area contributed by atoms with E-state index in [4.69, 9.17) is 0 Å². The first kappa shape index (κ1) is 29.6. The van der Waals surface area contributed by atoms with Gasteiger partial charge in [0.25, 0.3) is 10.0 Å². The third-order valence-corrected chi connectivity index (χ3v) is 8.49. The van der Waals surface area contributed by atoms with Gasteiger partial charge in [0.1, 0.15) is 18.4 Å². The van der Waals surface area contributed by atoms with Crippen molar-refractivity contribution in [3.8, 4) is 0 Å². The van der Waals surface area contributed by atoms with Crippen molar-refractivity contribution in [3.05, 3.63) is 93.8 Å². The molecule has 0 heterocycles. The standard InChI is InChI=1S/C28H31FIN3O4S/c1-3-4-18-31-28(35)21(2)32(19-22-10-12-23(29)13-11-22)27(34)20-33(25-16-14-24(30)15-17-25)38(36,37)26-8-6-5-7-9-26/h5-17,21H,3-4,18-20H2,1-2H3,(H,31,35). The van der Waals surface area contributed by atoms with Crippen LogP contribution in [-0.2, 0) is 26.2 Å². The number of hydrogen-bond acceptors (Lipinski definition) is 4. The normalized spacial score (nSPS) is 12.0. The average Bonchev–Trinajstić information content (AvgIpc) is 2.92. The number of halogens is 2. The lowest BCUT2D eigenvalue weighted by Gasteiger charge is -2.32. The van der Waals surface area contributed by atoms with Gasteiger partial charge < -0.3 is 10.2 Å². The summed E-state index contributed by atoms with van der Waals surface area (Å²) in [5, 5.41) is 2.84. The summed E-state index contributed by atoms with van der Waals surface area (Å²) in [6, 6.07) is 19.4. The van der Waals surface area contributed by atoms with E-state index in [0.717, 1.165) is 20.7 Å². The molecule has 0 aliphatic heterocycles. The number of rotatable bonds is 12. The molecule has 3 aromatic rings. The molecule has 3 rings (SSSR count). The number of amides is 2. The topological polar surface area (TPSA) is 86.8 Å². The Kier molecular flexibility index (Phi) is 10.7. The van der Waals surface area contributed by atoms with E-state index in [9.17, 15) is 22.4 Å². The number of anilines is 1. The molecule has 1 atom stereocenters. The van der Waals surface area contributed by atoms with Gasteiger partial charge in [-0.2, -0.15) is 0 Å². The Balaban J connectivity index is 1.97. The third kappa shape index (κ3) is 7.76. The summed E-state index contributed by atoms with van der Waals surface area (Å²) in [6.45, 7) is 3.56. The van der Waals surface area contributed by atoms with E-state index < -0.39 is 34.3 Å². The van der Waals surface area contributed by atoms with E-state index in [1.165, 1.54) is 41.3 Å². The van der Waals surface area contributed by atoms with Crippen LogP contribution < -0.4 is 9.62 Å². The van der Waals surface area contributed by atoms with E-state index in [1.54, 1.807) is 49.4 Å². The van der Waals surface area contributed by atoms with Crippen LogP contribution in [0.5, 0.6) is 0 Å². The van der Waals surface area contributed by atoms with Gasteiger partial charge in [-0.25, -0.2) is 12.8 Å². The number of unbranched alkanes of at least 4 members (excludes halogenated alkanes) is 1. The molecule has 1 N–H and O–H groups in total. The molecule has 38 heavy (non-hydrogen) atoms. The predicted molar refractivity (Wildman–Crippen MR) is 154 cm³/mol. The maximum Gasteiger partial charge on any atom is 0.264 e. The fourth-order valence-corrected chi connectivity index (χ4v) is 5.56. The van der Waals surface area contributed by atoms with Gasteiger partial charge in [-0.3, -0.25) is 13.9 Å². The highest BCUT2D eigenvalue weighted by molar-refractivity contribution is 14.1. The molecule has 0 spiro atoms. The largest absolute Gasteiger partial charge is 0.354 e. The number of nitrogens with one attached hydrogen (secondary N) is 1. The zero-order valence-corrected chi connectivity index (χ0v) is 24.3. The molecule has 1 unspecified atom stereocenters. The van der Waals surface area contributed by atoms with Crippen molar-refractivity contribution in [3.63, 3.8) is 0 Å². The third-order valence-electron chi connectivity index (χ3n) is 5.99. The molecule has 7 nitrogen and oxygen atoms in total. The van der Waals surface area contributed by atoms with Gasteiger partial charge in [-0.05, 0) is 90.0 Å². The lowest BCUT2D eigenvalue weighted by atomic mass is 10.1. The van der Waals surface area contributed by atoms with Crippen molar-refractivity contribution in [2.75, 3.05) is 17.4 Å². The summed E-state index contributed by atoms with van der Waals surface area (Å²) in [6.07, 6.45) is 1.69. The van der Waals surface area contributed by atoms with Gasteiger partial charge in [0, 0.05) is 16.7 Å². The lowest BCUT2D eigenvalue weighted by molar-refractivity contribution is -0.139. The van der Waals surface area contributed by atoms with Crippen molar-refractivity contribution in [1.29, 1.82) is 0 Å². The van der Waals surface area contributed by atoms with Crippen LogP contribution >= 0.6 is 22.6 Å². The van der Waals surface area contributed by atoms with E-state index in [-0.39, 0.29) is 17.3 Å². The molecular formula is C28H31FIN3O4S. The fraction of sp³-hybridized carbons (Fsp3) is 0.286. The maximum absolute atomic E-state index is 13.8. The van der Waals surface area contributed by atoms with Gasteiger partial charge in [-0.15, -0.1) is 0 Å². The summed E-state index contributed by atoms with van der Waals surface area (Å²) in [5.41, 5.74) is 0.934. The number of nitrogens with zero attached hydrogens (tertiary/aromatic N) is 2. The van der Waals surface area contributed by atoms with E-state index in [1.807, 2.05) is 6.92 Å². The number of carbonyl (C=O) groups excluding carboxylic acids is 2. The highest BCUT2D eigenvalue weighted by Crippen LogP contribution is 2.25. The molecule has 2 amide bonds. The van der Waals surface area contributed by atoms with Crippen LogP contribution in [0.3, 0.4) is 0 Å². The highest BCUT2D eigenvalue weighted by atomic mass is 127. The molecule has 0 aliphatic rings. The second-order valence-corrected chi connectivity index (χ2v) is 11.9. The Morgan fingerprint density at radius 1 is 0.974 bits per heavy atom. The average molecular weight is 652 g/mol. The van der Waals surface area contributed by atoms with Crippen LogP contribution in [0, 0.1) is 9.39 Å². The Labute approximate surface area is 237 Å². The molecule has 3 aromatic carbocycles. The molecule has 10 heteroatoms. The molecule has 0 bridgehead atoms. The fourth-order valence-electron chi connectivity index (χ4n) is 3.76. The predicted octanol–water partition coefficient (Wildman–Crippen LogP) is 4.96. The highest BCUT2D eigenvalue weighted by Gasteiger charge is 2.32. The monoisotopic (exact) mass is 651 g/mol. The first-order valence-corrected chi connectivity index (χ1v) is 14.8. The Morgan fingerprint density at radius 3 is 2.21 bits per heavy atom. The first-order chi connectivity index (χ1) is 18.1. The minimum absolute atomic E-state index is 0.00733. The van der Waals surface area contributed by atoms with Gasteiger partial charge in [0.2, 0.25) is 11.8 Å². The molecule has 0 saturated heterocycles. The Bertz CT molecular complexity index is 1320. The van der Waals surface area contributed by atoms with Crippen molar-refractivity contribution in [2.24, 2.45) is 0 Å². The molecule has 0 aromatic heterocycles. The molecular weight excluding hydrogens is 620 g/mol. The van der Waals surface area contributed by atoms with E-state index in [0.29, 0.717) is 17.8 Å². The van der Waals surface area contributed by atoms with Crippen molar-refractivity contribution in [2.45, 2.75) is 44.2 Å². The number of hydrogen-bond donors (Lipinski definition) is 1. The van der Waals surface area contributed by atoms with E-state index >= 15 is 0 Å². The molecule has 0 fully saturated rings. The van der Waals surface area contributed by atoms with Crippen LogP contribution in [0.4, 0.5) is 10.1 Å². The maximum atomic E-state index is 13.8. The summed E-state index contributed by atoms with van der Waals surface area (Å²) < 4.78 is 42.8. The summed E-state index contributed by atoms with van der Waals surface area (Å²) in [7, 11) is -4.10. The van der Waals surface area contributed by atoms with Gasteiger partial charge in [0.05, 0.1) is 10.6 Å². The molecule has 0 saturated carbocycles. The SMILES string of the molecule is CCCCNC(=O)C(C)N(Cc1ccc(F)cc1)C(=O)CN(c1ccc(I)cc1)S(=O)(=O)c1ccccc1. The number of carbonyl (C=O) groups is 2. The van der Waals surface area contributed by atoms with Crippen LogP contribution in [0.25, 0.3) is 0 Å². The summed E-state index contributed by atoms with van der Waals surface area (Å²) >= 11 is 2.12.